The smallest absolute Gasteiger partial charge is 0.140 e. The van der Waals surface area contributed by atoms with Crippen LogP contribution in [0, 0.1) is 5.92 Å². The Morgan fingerprint density at radius 1 is 1.50 bits per heavy atom. The maximum absolute atomic E-state index is 11.9. The molecule has 1 aromatic heterocycles. The molecule has 0 N–H and O–H groups in total. The van der Waals surface area contributed by atoms with Crippen molar-refractivity contribution in [2.24, 2.45) is 5.92 Å². The molecular weight excluding hydrogens is 200 g/mol. The first-order chi connectivity index (χ1) is 7.79. The summed E-state index contributed by atoms with van der Waals surface area (Å²) < 4.78 is 2.05. The Morgan fingerprint density at radius 3 is 2.94 bits per heavy atom. The third kappa shape index (κ3) is 2.71. The minimum absolute atomic E-state index is 0.354. The van der Waals surface area contributed by atoms with E-state index >= 15 is 0 Å². The Kier molecular flexibility index (Phi) is 3.75. The summed E-state index contributed by atoms with van der Waals surface area (Å²) >= 11 is 0. The van der Waals surface area contributed by atoms with Gasteiger partial charge in [0.1, 0.15) is 11.6 Å². The van der Waals surface area contributed by atoms with Crippen molar-refractivity contribution in [2.75, 3.05) is 0 Å². The van der Waals surface area contributed by atoms with Gasteiger partial charge in [0.15, 0.2) is 0 Å². The summed E-state index contributed by atoms with van der Waals surface area (Å²) in [6.07, 6.45) is 10.1. The van der Waals surface area contributed by atoms with Gasteiger partial charge < -0.3 is 4.57 Å². The van der Waals surface area contributed by atoms with Crippen LogP contribution in [-0.4, -0.2) is 15.3 Å². The summed E-state index contributed by atoms with van der Waals surface area (Å²) in [6, 6.07) is 0. The molecule has 0 radical (unpaired) electrons. The van der Waals surface area contributed by atoms with Crippen LogP contribution in [-0.2, 0) is 17.8 Å². The zero-order valence-electron chi connectivity index (χ0n) is 9.98. The molecule has 0 bridgehead atoms. The highest BCUT2D eigenvalue weighted by Crippen LogP contribution is 2.27. The molecule has 1 aliphatic carbocycles. The van der Waals surface area contributed by atoms with E-state index in [4.69, 9.17) is 0 Å². The molecule has 1 fully saturated rings. The lowest BCUT2D eigenvalue weighted by Crippen LogP contribution is -2.12. The quantitative estimate of drug-likeness (QED) is 0.764. The molecule has 0 unspecified atom stereocenters. The summed E-state index contributed by atoms with van der Waals surface area (Å²) in [4.78, 5) is 16.1. The molecule has 0 spiro atoms. The molecule has 0 saturated heterocycles. The summed E-state index contributed by atoms with van der Waals surface area (Å²) in [5.74, 6) is 1.93. The van der Waals surface area contributed by atoms with Gasteiger partial charge in [-0.25, -0.2) is 4.98 Å². The third-order valence-electron chi connectivity index (χ3n) is 3.49. The topological polar surface area (TPSA) is 34.9 Å². The van der Waals surface area contributed by atoms with Gasteiger partial charge in [0, 0.05) is 25.4 Å². The summed E-state index contributed by atoms with van der Waals surface area (Å²) in [6.45, 7) is 2.97. The van der Waals surface area contributed by atoms with E-state index < -0.39 is 0 Å². The lowest BCUT2D eigenvalue weighted by Gasteiger charge is -2.08. The lowest BCUT2D eigenvalue weighted by molar-refractivity contribution is -0.119. The zero-order valence-corrected chi connectivity index (χ0v) is 9.98. The standard InChI is InChI=1S/C13H20N2O/c1-2-15-8-7-14-13(15)10-12(16)9-11-5-3-4-6-11/h7-8,11H,2-6,9-10H2,1H3. The van der Waals surface area contributed by atoms with Crippen LogP contribution in [0.4, 0.5) is 0 Å². The van der Waals surface area contributed by atoms with Crippen LogP contribution in [0.25, 0.3) is 0 Å². The first-order valence-corrected chi connectivity index (χ1v) is 6.31. The van der Waals surface area contributed by atoms with Crippen molar-refractivity contribution < 1.29 is 4.79 Å². The summed E-state index contributed by atoms with van der Waals surface area (Å²) in [5.41, 5.74) is 0. The Hall–Kier alpha value is -1.12. The van der Waals surface area contributed by atoms with Crippen molar-refractivity contribution in [1.29, 1.82) is 0 Å². The van der Waals surface area contributed by atoms with Gasteiger partial charge in [-0.2, -0.15) is 0 Å². The Balaban J connectivity index is 1.86. The SMILES string of the molecule is CCn1ccnc1CC(=O)CC1CCCC1. The number of aromatic nitrogens is 2. The normalized spacial score (nSPS) is 16.8. The van der Waals surface area contributed by atoms with Crippen LogP contribution >= 0.6 is 0 Å². The van der Waals surface area contributed by atoms with Crippen molar-refractivity contribution in [2.45, 2.75) is 52.0 Å². The molecule has 3 heteroatoms. The molecule has 1 saturated carbocycles. The molecule has 0 aliphatic heterocycles. The fourth-order valence-corrected chi connectivity index (χ4v) is 2.58. The van der Waals surface area contributed by atoms with Gasteiger partial charge in [-0.15, -0.1) is 0 Å². The molecule has 1 aromatic rings. The van der Waals surface area contributed by atoms with Crippen LogP contribution in [0.1, 0.15) is 44.9 Å². The number of carbonyl (C=O) groups is 1. The second-order valence-electron chi connectivity index (χ2n) is 4.70. The van der Waals surface area contributed by atoms with E-state index in [0.717, 1.165) is 18.8 Å². The molecule has 0 amide bonds. The predicted octanol–water partition coefficient (Wildman–Crippen LogP) is 2.59. The van der Waals surface area contributed by atoms with Gasteiger partial charge in [-0.3, -0.25) is 4.79 Å². The summed E-state index contributed by atoms with van der Waals surface area (Å²) in [7, 11) is 0. The largest absolute Gasteiger partial charge is 0.335 e. The molecule has 1 aliphatic rings. The van der Waals surface area contributed by atoms with Crippen molar-refractivity contribution >= 4 is 5.78 Å². The molecule has 3 nitrogen and oxygen atoms in total. The Morgan fingerprint density at radius 2 is 2.25 bits per heavy atom. The number of rotatable bonds is 5. The monoisotopic (exact) mass is 220 g/mol. The van der Waals surface area contributed by atoms with Crippen LogP contribution in [0.2, 0.25) is 0 Å². The van der Waals surface area contributed by atoms with Gasteiger partial charge in [-0.1, -0.05) is 25.7 Å². The summed E-state index contributed by atoms with van der Waals surface area (Å²) in [5, 5.41) is 0. The third-order valence-corrected chi connectivity index (χ3v) is 3.49. The van der Waals surface area contributed by atoms with E-state index in [1.807, 2.05) is 10.8 Å². The van der Waals surface area contributed by atoms with E-state index in [-0.39, 0.29) is 0 Å². The highest BCUT2D eigenvalue weighted by Gasteiger charge is 2.19. The molecule has 16 heavy (non-hydrogen) atoms. The van der Waals surface area contributed by atoms with Crippen LogP contribution in [0.5, 0.6) is 0 Å². The van der Waals surface area contributed by atoms with Gasteiger partial charge in [0.05, 0.1) is 6.42 Å². The number of aryl methyl sites for hydroxylation is 1. The second kappa shape index (κ2) is 5.28. The Bertz CT molecular complexity index is 351. The molecule has 0 aromatic carbocycles. The van der Waals surface area contributed by atoms with Crippen molar-refractivity contribution in [3.05, 3.63) is 18.2 Å². The highest BCUT2D eigenvalue weighted by molar-refractivity contribution is 5.80. The average Bonchev–Trinajstić information content (AvgIpc) is 2.88. The van der Waals surface area contributed by atoms with Crippen molar-refractivity contribution in [3.8, 4) is 0 Å². The predicted molar refractivity (Wildman–Crippen MR) is 63.2 cm³/mol. The molecule has 2 rings (SSSR count). The number of carbonyl (C=O) groups excluding carboxylic acids is 1. The Labute approximate surface area is 96.9 Å². The van der Waals surface area contributed by atoms with Gasteiger partial charge >= 0.3 is 0 Å². The number of ketones is 1. The minimum Gasteiger partial charge on any atom is -0.335 e. The average molecular weight is 220 g/mol. The second-order valence-corrected chi connectivity index (χ2v) is 4.70. The van der Waals surface area contributed by atoms with E-state index in [9.17, 15) is 4.79 Å². The van der Waals surface area contributed by atoms with Gasteiger partial charge in [0.25, 0.3) is 0 Å². The van der Waals surface area contributed by atoms with Gasteiger partial charge in [0.2, 0.25) is 0 Å². The minimum atomic E-state index is 0.354. The zero-order chi connectivity index (χ0) is 11.4. The van der Waals surface area contributed by atoms with E-state index in [2.05, 4.69) is 11.9 Å². The maximum Gasteiger partial charge on any atom is 0.140 e. The molecule has 0 atom stereocenters. The lowest BCUT2D eigenvalue weighted by atomic mass is 9.99. The fraction of sp³-hybridized carbons (Fsp3) is 0.692. The van der Waals surface area contributed by atoms with Crippen molar-refractivity contribution in [1.82, 2.24) is 9.55 Å². The number of Topliss-reactive ketones (excluding diaryl/α,β-unsaturated/α-hetero) is 1. The van der Waals surface area contributed by atoms with Crippen LogP contribution in [0.15, 0.2) is 12.4 Å². The number of hydrogen-bond donors (Lipinski definition) is 0. The first-order valence-electron chi connectivity index (χ1n) is 6.31. The number of hydrogen-bond acceptors (Lipinski definition) is 2. The highest BCUT2D eigenvalue weighted by atomic mass is 16.1. The number of nitrogens with zero attached hydrogens (tertiary/aromatic N) is 2. The van der Waals surface area contributed by atoms with Crippen molar-refractivity contribution in [3.63, 3.8) is 0 Å². The molecule has 1 heterocycles. The maximum atomic E-state index is 11.9. The number of imidazole rings is 1. The van der Waals surface area contributed by atoms with Crippen LogP contribution in [0.3, 0.4) is 0 Å². The van der Waals surface area contributed by atoms with E-state index in [0.29, 0.717) is 18.1 Å². The molecular formula is C13H20N2O. The van der Waals surface area contributed by atoms with E-state index in [1.54, 1.807) is 6.20 Å². The van der Waals surface area contributed by atoms with E-state index in [1.165, 1.54) is 25.7 Å². The first kappa shape index (κ1) is 11.4. The molecule has 88 valence electrons. The van der Waals surface area contributed by atoms with Gasteiger partial charge in [-0.05, 0) is 12.8 Å². The van der Waals surface area contributed by atoms with Crippen LogP contribution < -0.4 is 0 Å². The fourth-order valence-electron chi connectivity index (χ4n) is 2.58.